The summed E-state index contributed by atoms with van der Waals surface area (Å²) in [5.41, 5.74) is 2.89. The summed E-state index contributed by atoms with van der Waals surface area (Å²) in [4.78, 5) is 2.00. The summed E-state index contributed by atoms with van der Waals surface area (Å²) in [6.45, 7) is 6.70. The average Bonchev–Trinajstić information content (AvgIpc) is 3.61. The largest absolute Gasteiger partial charge is 0.300 e. The van der Waals surface area contributed by atoms with Gasteiger partial charge in [0.05, 0.1) is 21.7 Å². The maximum absolute atomic E-state index is 14.4. The third-order valence-electron chi connectivity index (χ3n) is 7.30. The molecule has 5 rings (SSSR count). The Morgan fingerprint density at radius 2 is 1.46 bits per heavy atom. The Labute approximate surface area is 223 Å². The van der Waals surface area contributed by atoms with E-state index in [1.54, 1.807) is 24.3 Å². The van der Waals surface area contributed by atoms with Crippen molar-refractivity contribution in [1.82, 2.24) is 9.21 Å². The van der Waals surface area contributed by atoms with Gasteiger partial charge in [-0.25, -0.2) is 8.42 Å². The van der Waals surface area contributed by atoms with Gasteiger partial charge in [0, 0.05) is 11.4 Å². The lowest BCUT2D eigenvalue weighted by atomic mass is 10.1. The van der Waals surface area contributed by atoms with Gasteiger partial charge >= 0.3 is 0 Å². The van der Waals surface area contributed by atoms with E-state index in [1.807, 2.05) is 80.6 Å². The minimum Gasteiger partial charge on any atom is -0.300 e. The molecule has 7 heteroatoms. The number of sulfonamides is 1. The van der Waals surface area contributed by atoms with Gasteiger partial charge in [-0.3, -0.25) is 9.11 Å². The highest BCUT2D eigenvalue weighted by molar-refractivity contribution is 7.92. The van der Waals surface area contributed by atoms with E-state index < -0.39 is 31.7 Å². The van der Waals surface area contributed by atoms with Crippen LogP contribution in [0.5, 0.6) is 0 Å². The molecular formula is C30H34N2O3S2. The van der Waals surface area contributed by atoms with E-state index >= 15 is 0 Å². The molecule has 0 saturated carbocycles. The molecule has 0 aliphatic carbocycles. The molecule has 2 aliphatic heterocycles. The Hall–Kier alpha value is -2.58. The standard InChI is InChI=1S/C30H34N2O3S2/c1-24-12-16-27(17-13-24)36(33)30(20-9-23-31-21-7-4-8-22-31)29(26-10-5-3-6-11-26)32(30)37(34,35)28-18-14-25(2)15-19-28/h3,5-6,9-20,29H,4,7-8,21-23H2,1-2H3/b20-9+/t29-,30+,32?,36-/m0/s1. The predicted octanol–water partition coefficient (Wildman–Crippen LogP) is 5.60. The van der Waals surface area contributed by atoms with Crippen LogP contribution in [-0.2, 0) is 20.8 Å². The van der Waals surface area contributed by atoms with Gasteiger partial charge in [-0.1, -0.05) is 84.3 Å². The zero-order chi connectivity index (χ0) is 26.0. The van der Waals surface area contributed by atoms with Crippen molar-refractivity contribution in [1.29, 1.82) is 0 Å². The zero-order valence-corrected chi connectivity index (χ0v) is 23.0. The fourth-order valence-electron chi connectivity index (χ4n) is 5.20. The molecule has 0 N–H and O–H groups in total. The van der Waals surface area contributed by atoms with Gasteiger partial charge < -0.3 is 0 Å². The van der Waals surface area contributed by atoms with E-state index in [0.29, 0.717) is 11.4 Å². The molecule has 37 heavy (non-hydrogen) atoms. The minimum atomic E-state index is -3.93. The van der Waals surface area contributed by atoms with Crippen molar-refractivity contribution in [2.24, 2.45) is 0 Å². The second-order valence-electron chi connectivity index (χ2n) is 10.0. The third kappa shape index (κ3) is 5.10. The number of nitrogens with zero attached hydrogens (tertiary/aromatic N) is 2. The summed E-state index contributed by atoms with van der Waals surface area (Å²) >= 11 is 0. The van der Waals surface area contributed by atoms with Crippen molar-refractivity contribution in [3.8, 4) is 0 Å². The average molecular weight is 535 g/mol. The molecule has 3 aromatic carbocycles. The predicted molar refractivity (Wildman–Crippen MR) is 149 cm³/mol. The van der Waals surface area contributed by atoms with Crippen LogP contribution >= 0.6 is 0 Å². The number of benzene rings is 3. The summed E-state index contributed by atoms with van der Waals surface area (Å²) < 4.78 is 44.1. The molecule has 194 valence electrons. The highest BCUT2D eigenvalue weighted by Gasteiger charge is 2.71. The molecular weight excluding hydrogens is 500 g/mol. The van der Waals surface area contributed by atoms with E-state index in [0.717, 1.165) is 29.8 Å². The number of rotatable bonds is 8. The second-order valence-corrected chi connectivity index (χ2v) is 13.5. The van der Waals surface area contributed by atoms with Gasteiger partial charge in [0.2, 0.25) is 10.0 Å². The van der Waals surface area contributed by atoms with Crippen LogP contribution in [0.4, 0.5) is 0 Å². The lowest BCUT2D eigenvalue weighted by Gasteiger charge is -2.25. The molecule has 3 aromatic rings. The maximum atomic E-state index is 14.4. The molecule has 0 aromatic heterocycles. The molecule has 2 heterocycles. The van der Waals surface area contributed by atoms with Gasteiger partial charge in [0.1, 0.15) is 0 Å². The van der Waals surface area contributed by atoms with Crippen molar-refractivity contribution >= 4 is 20.8 Å². The molecule has 4 atom stereocenters. The van der Waals surface area contributed by atoms with Crippen molar-refractivity contribution in [2.45, 2.75) is 53.8 Å². The number of aryl methyl sites for hydroxylation is 2. The smallest absolute Gasteiger partial charge is 0.245 e. The maximum Gasteiger partial charge on any atom is 0.245 e. The van der Waals surface area contributed by atoms with Crippen LogP contribution in [0.25, 0.3) is 0 Å². The van der Waals surface area contributed by atoms with Crippen LogP contribution in [-0.4, -0.2) is 46.3 Å². The Kier molecular flexibility index (Phi) is 7.50. The molecule has 2 fully saturated rings. The summed E-state index contributed by atoms with van der Waals surface area (Å²) in [5.74, 6) is 0. The lowest BCUT2D eigenvalue weighted by molar-refractivity contribution is 0.251. The van der Waals surface area contributed by atoms with E-state index in [9.17, 15) is 12.6 Å². The highest BCUT2D eigenvalue weighted by Crippen LogP contribution is 2.60. The third-order valence-corrected chi connectivity index (χ3v) is 11.2. The number of hydrogen-bond acceptors (Lipinski definition) is 4. The van der Waals surface area contributed by atoms with Crippen LogP contribution < -0.4 is 0 Å². The van der Waals surface area contributed by atoms with Gasteiger partial charge in [-0.15, -0.1) is 0 Å². The Bertz CT molecular complexity index is 1380. The first kappa shape index (κ1) is 26.0. The van der Waals surface area contributed by atoms with Crippen molar-refractivity contribution in [3.05, 3.63) is 108 Å². The number of likely N-dealkylation sites (tertiary alicyclic amines) is 1. The van der Waals surface area contributed by atoms with E-state index in [4.69, 9.17) is 0 Å². The van der Waals surface area contributed by atoms with Gasteiger partial charge in [-0.2, -0.15) is 4.31 Å². The first-order chi connectivity index (χ1) is 17.8. The fraction of sp³-hybridized carbons (Fsp3) is 0.333. The quantitative estimate of drug-likeness (QED) is 0.279. The van der Waals surface area contributed by atoms with Crippen LogP contribution in [0.15, 0.2) is 101 Å². The summed E-state index contributed by atoms with van der Waals surface area (Å²) in [5, 5.41) is 0. The fourth-order valence-corrected chi connectivity index (χ4v) is 9.16. The molecule has 0 radical (unpaired) electrons. The highest BCUT2D eigenvalue weighted by atomic mass is 32.2. The van der Waals surface area contributed by atoms with Crippen LogP contribution in [0.2, 0.25) is 0 Å². The summed E-state index contributed by atoms with van der Waals surface area (Å²) in [6.07, 6.45) is 7.53. The minimum absolute atomic E-state index is 0.214. The topological polar surface area (TPSA) is 57.5 Å². The van der Waals surface area contributed by atoms with Crippen molar-refractivity contribution in [3.63, 3.8) is 0 Å². The first-order valence-corrected chi connectivity index (χ1v) is 15.5. The van der Waals surface area contributed by atoms with Crippen molar-refractivity contribution < 1.29 is 12.6 Å². The summed E-state index contributed by atoms with van der Waals surface area (Å²) in [6, 6.07) is 23.4. The molecule has 2 saturated heterocycles. The molecule has 5 nitrogen and oxygen atoms in total. The Morgan fingerprint density at radius 3 is 2.08 bits per heavy atom. The zero-order valence-electron chi connectivity index (χ0n) is 21.4. The molecule has 0 amide bonds. The van der Waals surface area contributed by atoms with Crippen LogP contribution in [0.1, 0.15) is 42.0 Å². The second kappa shape index (κ2) is 10.7. The SMILES string of the molecule is Cc1ccc([S@](=O)[C@]2(/C=C/CN3CCCCC3)[C@H](c3ccccc3)N2S(=O)(=O)c2ccc(C)cc2)cc1. The monoisotopic (exact) mass is 534 g/mol. The van der Waals surface area contributed by atoms with E-state index in [1.165, 1.54) is 23.6 Å². The normalized spacial score (nSPS) is 25.2. The molecule has 2 aliphatic rings. The number of hydrogen-bond donors (Lipinski definition) is 0. The number of piperidine rings is 1. The molecule has 0 spiro atoms. The van der Waals surface area contributed by atoms with Gasteiger partial charge in [-0.05, 0) is 69.6 Å². The van der Waals surface area contributed by atoms with Gasteiger partial charge in [0.15, 0.2) is 4.87 Å². The van der Waals surface area contributed by atoms with E-state index in [-0.39, 0.29) is 4.90 Å². The van der Waals surface area contributed by atoms with Crippen LogP contribution in [0.3, 0.4) is 0 Å². The first-order valence-electron chi connectivity index (χ1n) is 12.9. The van der Waals surface area contributed by atoms with Crippen molar-refractivity contribution in [2.75, 3.05) is 19.6 Å². The van der Waals surface area contributed by atoms with Gasteiger partial charge in [0.25, 0.3) is 0 Å². The van der Waals surface area contributed by atoms with Crippen LogP contribution in [0, 0.1) is 13.8 Å². The molecule has 1 unspecified atom stereocenters. The Morgan fingerprint density at radius 1 is 0.865 bits per heavy atom. The lowest BCUT2D eigenvalue weighted by Crippen LogP contribution is -2.31. The molecule has 0 bridgehead atoms. The summed E-state index contributed by atoms with van der Waals surface area (Å²) in [7, 11) is -5.57. The Balaban J connectivity index is 1.61. The van der Waals surface area contributed by atoms with E-state index in [2.05, 4.69) is 4.90 Å².